The van der Waals surface area contributed by atoms with Crippen molar-refractivity contribution in [1.29, 1.82) is 0 Å². The SMILES string of the molecule is CCCCCNCc1nc2c(s1)CCC2. The highest BCUT2D eigenvalue weighted by Crippen LogP contribution is 2.27. The van der Waals surface area contributed by atoms with E-state index in [1.165, 1.54) is 49.2 Å². The Kier molecular flexibility index (Phi) is 4.15. The van der Waals surface area contributed by atoms with Crippen LogP contribution in [0.15, 0.2) is 0 Å². The Morgan fingerprint density at radius 3 is 3.07 bits per heavy atom. The molecule has 1 aromatic rings. The van der Waals surface area contributed by atoms with Gasteiger partial charge in [-0.15, -0.1) is 11.3 Å². The molecule has 0 aliphatic heterocycles. The molecular formula is C12H20N2S. The van der Waals surface area contributed by atoms with Crippen molar-refractivity contribution >= 4 is 11.3 Å². The maximum absolute atomic E-state index is 4.66. The third-order valence-corrected chi connectivity index (χ3v) is 4.03. The normalized spacial score (nSPS) is 14.5. The molecule has 0 aromatic carbocycles. The molecule has 0 amide bonds. The van der Waals surface area contributed by atoms with Crippen LogP contribution < -0.4 is 5.32 Å². The summed E-state index contributed by atoms with van der Waals surface area (Å²) in [5, 5.41) is 4.76. The number of thiazole rings is 1. The molecule has 0 bridgehead atoms. The lowest BCUT2D eigenvalue weighted by Gasteiger charge is -2.00. The quantitative estimate of drug-likeness (QED) is 0.752. The first-order valence-electron chi connectivity index (χ1n) is 6.08. The van der Waals surface area contributed by atoms with Crippen LogP contribution in [0.2, 0.25) is 0 Å². The van der Waals surface area contributed by atoms with Crippen LogP contribution in [-0.4, -0.2) is 11.5 Å². The van der Waals surface area contributed by atoms with Crippen molar-refractivity contribution in [3.05, 3.63) is 15.6 Å². The van der Waals surface area contributed by atoms with Gasteiger partial charge in [-0.05, 0) is 32.2 Å². The van der Waals surface area contributed by atoms with Crippen molar-refractivity contribution in [2.45, 2.75) is 52.0 Å². The zero-order chi connectivity index (χ0) is 10.5. The number of aromatic nitrogens is 1. The zero-order valence-corrected chi connectivity index (χ0v) is 10.3. The summed E-state index contributed by atoms with van der Waals surface area (Å²) in [5.41, 5.74) is 1.38. The molecule has 1 aliphatic rings. The Labute approximate surface area is 96.1 Å². The summed E-state index contributed by atoms with van der Waals surface area (Å²) in [7, 11) is 0. The smallest absolute Gasteiger partial charge is 0.107 e. The minimum Gasteiger partial charge on any atom is -0.310 e. The first-order chi connectivity index (χ1) is 7.40. The van der Waals surface area contributed by atoms with Crippen molar-refractivity contribution in [1.82, 2.24) is 10.3 Å². The van der Waals surface area contributed by atoms with Gasteiger partial charge in [0.05, 0.1) is 5.69 Å². The first kappa shape index (κ1) is 11.1. The van der Waals surface area contributed by atoms with E-state index in [2.05, 4.69) is 17.2 Å². The molecule has 0 radical (unpaired) electrons. The fourth-order valence-corrected chi connectivity index (χ4v) is 3.14. The number of unbranched alkanes of at least 4 members (excludes halogenated alkanes) is 2. The minimum atomic E-state index is 0.974. The average Bonchev–Trinajstić information content (AvgIpc) is 2.77. The molecule has 2 rings (SSSR count). The molecule has 2 nitrogen and oxygen atoms in total. The van der Waals surface area contributed by atoms with Crippen LogP contribution in [-0.2, 0) is 19.4 Å². The van der Waals surface area contributed by atoms with E-state index in [4.69, 9.17) is 0 Å². The van der Waals surface area contributed by atoms with Gasteiger partial charge in [-0.2, -0.15) is 0 Å². The van der Waals surface area contributed by atoms with Crippen molar-refractivity contribution in [2.24, 2.45) is 0 Å². The highest BCUT2D eigenvalue weighted by Gasteiger charge is 2.15. The number of aryl methyl sites for hydroxylation is 2. The van der Waals surface area contributed by atoms with E-state index in [1.807, 2.05) is 11.3 Å². The average molecular weight is 224 g/mol. The molecular weight excluding hydrogens is 204 g/mol. The Morgan fingerprint density at radius 1 is 1.33 bits per heavy atom. The third-order valence-electron chi connectivity index (χ3n) is 2.87. The van der Waals surface area contributed by atoms with E-state index in [0.717, 1.165) is 13.1 Å². The number of rotatable bonds is 6. The van der Waals surface area contributed by atoms with Crippen LogP contribution >= 0.6 is 11.3 Å². The highest BCUT2D eigenvalue weighted by atomic mass is 32.1. The summed E-state index contributed by atoms with van der Waals surface area (Å²) in [6.07, 6.45) is 7.72. The van der Waals surface area contributed by atoms with Gasteiger partial charge in [0.2, 0.25) is 0 Å². The zero-order valence-electron chi connectivity index (χ0n) is 9.51. The van der Waals surface area contributed by atoms with E-state index in [9.17, 15) is 0 Å². The van der Waals surface area contributed by atoms with E-state index >= 15 is 0 Å². The summed E-state index contributed by atoms with van der Waals surface area (Å²) in [4.78, 5) is 6.21. The van der Waals surface area contributed by atoms with Crippen molar-refractivity contribution in [3.63, 3.8) is 0 Å². The van der Waals surface area contributed by atoms with Crippen LogP contribution in [0, 0.1) is 0 Å². The molecule has 0 fully saturated rings. The Morgan fingerprint density at radius 2 is 2.27 bits per heavy atom. The van der Waals surface area contributed by atoms with Gasteiger partial charge in [0.25, 0.3) is 0 Å². The molecule has 0 atom stereocenters. The molecule has 0 spiro atoms. The van der Waals surface area contributed by atoms with Gasteiger partial charge >= 0.3 is 0 Å². The second kappa shape index (κ2) is 5.61. The first-order valence-corrected chi connectivity index (χ1v) is 6.90. The van der Waals surface area contributed by atoms with E-state index in [1.54, 1.807) is 4.88 Å². The standard InChI is InChI=1S/C12H20N2S/c1-2-3-4-8-13-9-12-14-10-6-5-7-11(10)15-12/h13H,2-9H2,1H3. The monoisotopic (exact) mass is 224 g/mol. The lowest BCUT2D eigenvalue weighted by atomic mass is 10.2. The molecule has 1 N–H and O–H groups in total. The predicted octanol–water partition coefficient (Wildman–Crippen LogP) is 2.91. The molecule has 84 valence electrons. The van der Waals surface area contributed by atoms with Gasteiger partial charge < -0.3 is 5.32 Å². The molecule has 3 heteroatoms. The summed E-state index contributed by atoms with van der Waals surface area (Å²) >= 11 is 1.91. The minimum absolute atomic E-state index is 0.974. The maximum atomic E-state index is 4.66. The van der Waals surface area contributed by atoms with E-state index in [-0.39, 0.29) is 0 Å². The van der Waals surface area contributed by atoms with Crippen molar-refractivity contribution < 1.29 is 0 Å². The van der Waals surface area contributed by atoms with Crippen LogP contribution in [0.25, 0.3) is 0 Å². The third kappa shape index (κ3) is 3.02. The summed E-state index contributed by atoms with van der Waals surface area (Å²) in [5.74, 6) is 0. The molecule has 0 unspecified atom stereocenters. The summed E-state index contributed by atoms with van der Waals surface area (Å²) in [6.45, 7) is 4.35. The van der Waals surface area contributed by atoms with Crippen LogP contribution in [0.5, 0.6) is 0 Å². The fraction of sp³-hybridized carbons (Fsp3) is 0.750. The maximum Gasteiger partial charge on any atom is 0.107 e. The lowest BCUT2D eigenvalue weighted by Crippen LogP contribution is -2.14. The van der Waals surface area contributed by atoms with Gasteiger partial charge in [-0.25, -0.2) is 4.98 Å². The molecule has 1 aliphatic carbocycles. The van der Waals surface area contributed by atoms with Gasteiger partial charge in [0.15, 0.2) is 0 Å². The number of nitrogens with one attached hydrogen (secondary N) is 1. The predicted molar refractivity (Wildman–Crippen MR) is 65.4 cm³/mol. The second-order valence-corrected chi connectivity index (χ2v) is 5.38. The van der Waals surface area contributed by atoms with E-state index < -0.39 is 0 Å². The van der Waals surface area contributed by atoms with Gasteiger partial charge in [0.1, 0.15) is 5.01 Å². The van der Waals surface area contributed by atoms with Crippen LogP contribution in [0.1, 0.15) is 48.2 Å². The van der Waals surface area contributed by atoms with Gasteiger partial charge in [-0.3, -0.25) is 0 Å². The van der Waals surface area contributed by atoms with Crippen LogP contribution in [0.3, 0.4) is 0 Å². The number of fused-ring (bicyclic) bond motifs is 1. The van der Waals surface area contributed by atoms with Gasteiger partial charge in [-0.1, -0.05) is 19.8 Å². The summed E-state index contributed by atoms with van der Waals surface area (Å²) in [6, 6.07) is 0. The molecule has 1 heterocycles. The molecule has 0 saturated carbocycles. The fourth-order valence-electron chi connectivity index (χ4n) is 2.01. The highest BCUT2D eigenvalue weighted by molar-refractivity contribution is 7.11. The Balaban J connectivity index is 1.70. The molecule has 0 saturated heterocycles. The second-order valence-electron chi connectivity index (χ2n) is 4.21. The van der Waals surface area contributed by atoms with Crippen molar-refractivity contribution in [3.8, 4) is 0 Å². The van der Waals surface area contributed by atoms with Crippen molar-refractivity contribution in [2.75, 3.05) is 6.54 Å². The van der Waals surface area contributed by atoms with Crippen LogP contribution in [0.4, 0.5) is 0 Å². The largest absolute Gasteiger partial charge is 0.310 e. The number of nitrogens with zero attached hydrogens (tertiary/aromatic N) is 1. The molecule has 15 heavy (non-hydrogen) atoms. The lowest BCUT2D eigenvalue weighted by molar-refractivity contribution is 0.614. The summed E-state index contributed by atoms with van der Waals surface area (Å²) < 4.78 is 0. The Hall–Kier alpha value is -0.410. The Bertz CT molecular complexity index is 285. The number of hydrogen-bond donors (Lipinski definition) is 1. The number of hydrogen-bond acceptors (Lipinski definition) is 3. The van der Waals surface area contributed by atoms with Gasteiger partial charge in [0, 0.05) is 11.4 Å². The molecule has 1 aromatic heterocycles. The van der Waals surface area contributed by atoms with E-state index in [0.29, 0.717) is 0 Å². The topological polar surface area (TPSA) is 24.9 Å².